The molecule has 0 fully saturated rings. The van der Waals surface area contributed by atoms with Crippen molar-refractivity contribution in [1.82, 2.24) is 19.1 Å². The number of fused-ring (bicyclic) bond motifs is 6. The molecule has 0 aliphatic rings. The Morgan fingerprint density at radius 3 is 0.854 bits per heavy atom. The SMILES string of the molecule is c1ccc(-c2ccccc2N(c2ccc(-c3nccnc3-c3ccc(N(c4ccc(-n5c6ccccc6c6ccccc65)cc4)c4ccccc4-c4ccccc4)cc3)cc2)c2ccc(-n3c4ccccc4c4ccccc43)cc2)cc1. The van der Waals surface area contributed by atoms with Gasteiger partial charge in [0, 0.05) is 90.3 Å². The highest BCUT2D eigenvalue weighted by molar-refractivity contribution is 6.10. The van der Waals surface area contributed by atoms with Gasteiger partial charge in [0.25, 0.3) is 0 Å². The van der Waals surface area contributed by atoms with Crippen LogP contribution >= 0.6 is 0 Å². The highest BCUT2D eigenvalue weighted by atomic mass is 15.2. The van der Waals surface area contributed by atoms with Crippen molar-refractivity contribution in [3.63, 3.8) is 0 Å². The number of para-hydroxylation sites is 6. The zero-order chi connectivity index (χ0) is 54.3. The maximum atomic E-state index is 5.02. The van der Waals surface area contributed by atoms with Gasteiger partial charge in [-0.05, 0) is 120 Å². The van der Waals surface area contributed by atoms with Crippen LogP contribution in [0.1, 0.15) is 0 Å². The summed E-state index contributed by atoms with van der Waals surface area (Å²) in [7, 11) is 0. The van der Waals surface area contributed by atoms with Gasteiger partial charge in [-0.3, -0.25) is 9.97 Å². The number of aromatic nitrogens is 4. The molecule has 3 aromatic heterocycles. The van der Waals surface area contributed by atoms with Crippen LogP contribution in [0.25, 0.3) is 99.8 Å². The summed E-state index contributed by atoms with van der Waals surface area (Å²) in [4.78, 5) is 14.8. The molecule has 0 bridgehead atoms. The third-order valence-corrected chi connectivity index (χ3v) is 15.8. The Morgan fingerprint density at radius 2 is 0.512 bits per heavy atom. The summed E-state index contributed by atoms with van der Waals surface area (Å²) in [6, 6.07) is 109. The number of benzene rings is 12. The Bertz CT molecular complexity index is 4360. The van der Waals surface area contributed by atoms with Crippen molar-refractivity contribution in [2.45, 2.75) is 0 Å². The van der Waals surface area contributed by atoms with E-state index in [0.29, 0.717) is 0 Å². The van der Waals surface area contributed by atoms with Gasteiger partial charge < -0.3 is 18.9 Å². The Hall–Kier alpha value is -11.1. The van der Waals surface area contributed by atoms with Crippen LogP contribution < -0.4 is 9.80 Å². The van der Waals surface area contributed by atoms with Gasteiger partial charge in [0.15, 0.2) is 0 Å². The van der Waals surface area contributed by atoms with Crippen molar-refractivity contribution in [3.05, 3.63) is 316 Å². The number of hydrogen-bond donors (Lipinski definition) is 0. The zero-order valence-electron chi connectivity index (χ0n) is 44.7. The van der Waals surface area contributed by atoms with Crippen molar-refractivity contribution in [1.29, 1.82) is 0 Å². The van der Waals surface area contributed by atoms with Crippen molar-refractivity contribution < 1.29 is 0 Å². The highest BCUT2D eigenvalue weighted by Gasteiger charge is 2.22. The molecule has 0 radical (unpaired) electrons. The summed E-state index contributed by atoms with van der Waals surface area (Å²) >= 11 is 0. The van der Waals surface area contributed by atoms with Gasteiger partial charge in [0.2, 0.25) is 0 Å². The molecule has 6 heteroatoms. The Balaban J connectivity index is 0.792. The lowest BCUT2D eigenvalue weighted by atomic mass is 10.0. The zero-order valence-corrected chi connectivity index (χ0v) is 44.7. The molecule has 6 nitrogen and oxygen atoms in total. The second-order valence-electron chi connectivity index (χ2n) is 20.6. The first-order chi connectivity index (χ1) is 40.7. The molecule has 0 unspecified atom stereocenters. The molecule has 0 atom stereocenters. The molecule has 0 N–H and O–H groups in total. The summed E-state index contributed by atoms with van der Waals surface area (Å²) in [5, 5.41) is 4.96. The van der Waals surface area contributed by atoms with Gasteiger partial charge in [-0.25, -0.2) is 0 Å². The van der Waals surface area contributed by atoms with E-state index in [1.54, 1.807) is 12.4 Å². The van der Waals surface area contributed by atoms with Gasteiger partial charge in [-0.2, -0.15) is 0 Å². The molecular weight excluding hydrogens is 997 g/mol. The van der Waals surface area contributed by atoms with Crippen LogP contribution in [0, 0.1) is 0 Å². The molecule has 12 aromatic carbocycles. The van der Waals surface area contributed by atoms with Crippen molar-refractivity contribution in [3.8, 4) is 56.1 Å². The Labute approximate surface area is 476 Å². The second kappa shape index (κ2) is 20.6. The first-order valence-corrected chi connectivity index (χ1v) is 27.8. The predicted octanol–water partition coefficient (Wildman–Crippen LogP) is 20.3. The third kappa shape index (κ3) is 8.45. The molecule has 0 saturated carbocycles. The molecule has 0 aliphatic heterocycles. The van der Waals surface area contributed by atoms with Gasteiger partial charge in [0.05, 0.1) is 44.8 Å². The summed E-state index contributed by atoms with van der Waals surface area (Å²) in [5.41, 5.74) is 21.3. The van der Waals surface area contributed by atoms with Crippen LogP contribution in [0.5, 0.6) is 0 Å². The summed E-state index contributed by atoms with van der Waals surface area (Å²) in [6.45, 7) is 0. The van der Waals surface area contributed by atoms with E-state index in [1.807, 2.05) is 0 Å². The van der Waals surface area contributed by atoms with Gasteiger partial charge in [-0.15, -0.1) is 0 Å². The topological polar surface area (TPSA) is 42.1 Å². The summed E-state index contributed by atoms with van der Waals surface area (Å²) in [6.07, 6.45) is 3.57. The molecule has 15 aromatic rings. The van der Waals surface area contributed by atoms with Crippen LogP contribution in [-0.2, 0) is 0 Å². The van der Waals surface area contributed by atoms with E-state index < -0.39 is 0 Å². The average Bonchev–Trinajstić information content (AvgIpc) is 4.24. The second-order valence-corrected chi connectivity index (χ2v) is 20.6. The van der Waals surface area contributed by atoms with E-state index in [0.717, 1.165) is 90.3 Å². The van der Waals surface area contributed by atoms with Crippen LogP contribution in [-0.4, -0.2) is 19.1 Å². The fraction of sp³-hybridized carbons (Fsp3) is 0. The molecule has 0 amide bonds. The molecule has 15 rings (SSSR count). The van der Waals surface area contributed by atoms with Crippen LogP contribution in [0.2, 0.25) is 0 Å². The van der Waals surface area contributed by atoms with E-state index >= 15 is 0 Å². The van der Waals surface area contributed by atoms with Gasteiger partial charge in [-0.1, -0.05) is 194 Å². The van der Waals surface area contributed by atoms with Crippen molar-refractivity contribution >= 4 is 77.7 Å². The molecule has 0 saturated heterocycles. The standard InChI is InChI=1S/C76H52N6/c1-3-19-53(20-4-1)63-23-7-13-29-69(63)79(59-43-47-61(48-44-59)81-71-31-15-9-25-65(71)66-26-10-16-32-72(66)81)57-39-35-55(36-40-57)75-76(78-52-51-77-75)56-37-41-58(42-38-56)80(70-30-14-8-24-64(70)54-21-5-2-6-22-54)60-45-49-62(50-46-60)82-73-33-17-11-27-67(73)68-28-12-18-34-74(68)82/h1-52H. The van der Waals surface area contributed by atoms with E-state index in [-0.39, 0.29) is 0 Å². The molecule has 3 heterocycles. The lowest BCUT2D eigenvalue weighted by Gasteiger charge is -2.28. The Kier molecular flexibility index (Phi) is 12.1. The Morgan fingerprint density at radius 1 is 0.232 bits per heavy atom. The minimum Gasteiger partial charge on any atom is -0.310 e. The minimum absolute atomic E-state index is 0.806. The van der Waals surface area contributed by atoms with Gasteiger partial charge in [0.1, 0.15) is 0 Å². The lowest BCUT2D eigenvalue weighted by molar-refractivity contribution is 1.17. The predicted molar refractivity (Wildman–Crippen MR) is 342 cm³/mol. The van der Waals surface area contributed by atoms with Crippen LogP contribution in [0.4, 0.5) is 34.1 Å². The van der Waals surface area contributed by atoms with E-state index in [9.17, 15) is 0 Å². The lowest BCUT2D eigenvalue weighted by Crippen LogP contribution is -2.11. The normalized spacial score (nSPS) is 11.4. The van der Waals surface area contributed by atoms with Crippen molar-refractivity contribution in [2.24, 2.45) is 0 Å². The minimum atomic E-state index is 0.806. The number of hydrogen-bond acceptors (Lipinski definition) is 4. The van der Waals surface area contributed by atoms with E-state index in [4.69, 9.17) is 9.97 Å². The molecular formula is C76H52N6. The van der Waals surface area contributed by atoms with Gasteiger partial charge >= 0.3 is 0 Å². The maximum Gasteiger partial charge on any atom is 0.0965 e. The summed E-state index contributed by atoms with van der Waals surface area (Å²) in [5.74, 6) is 0. The fourth-order valence-electron chi connectivity index (χ4n) is 12.1. The maximum absolute atomic E-state index is 5.02. The smallest absolute Gasteiger partial charge is 0.0965 e. The van der Waals surface area contributed by atoms with E-state index in [1.165, 1.54) is 43.6 Å². The van der Waals surface area contributed by atoms with Crippen molar-refractivity contribution in [2.75, 3.05) is 9.80 Å². The average molecular weight is 1050 g/mol. The first kappa shape index (κ1) is 48.1. The highest BCUT2D eigenvalue weighted by Crippen LogP contribution is 2.45. The van der Waals surface area contributed by atoms with E-state index in [2.05, 4.69) is 322 Å². The largest absolute Gasteiger partial charge is 0.310 e. The monoisotopic (exact) mass is 1050 g/mol. The number of rotatable bonds is 12. The van der Waals surface area contributed by atoms with Crippen LogP contribution in [0.3, 0.4) is 0 Å². The molecule has 82 heavy (non-hydrogen) atoms. The molecule has 386 valence electrons. The fourth-order valence-corrected chi connectivity index (χ4v) is 12.1. The summed E-state index contributed by atoms with van der Waals surface area (Å²) < 4.78 is 4.73. The van der Waals surface area contributed by atoms with Crippen LogP contribution in [0.15, 0.2) is 316 Å². The molecule has 0 aliphatic carbocycles. The quantitative estimate of drug-likeness (QED) is 0.122. The number of nitrogens with zero attached hydrogens (tertiary/aromatic N) is 6. The molecule has 0 spiro atoms. The first-order valence-electron chi connectivity index (χ1n) is 27.8. The third-order valence-electron chi connectivity index (χ3n) is 15.8. The number of anilines is 6.